The quantitative estimate of drug-likeness (QED) is 0.681. The van der Waals surface area contributed by atoms with Crippen LogP contribution in [0.5, 0.6) is 5.75 Å². The van der Waals surface area contributed by atoms with Crippen molar-refractivity contribution in [2.45, 2.75) is 32.2 Å². The lowest BCUT2D eigenvalue weighted by atomic mass is 9.88. The lowest BCUT2D eigenvalue weighted by Gasteiger charge is -2.30. The van der Waals surface area contributed by atoms with E-state index in [1.165, 1.54) is 7.11 Å². The molecule has 0 bridgehead atoms. The fourth-order valence-electron chi connectivity index (χ4n) is 2.14. The summed E-state index contributed by atoms with van der Waals surface area (Å²) >= 11 is 0. The van der Waals surface area contributed by atoms with Crippen LogP contribution in [0.2, 0.25) is 0 Å². The first kappa shape index (κ1) is 18.0. The van der Waals surface area contributed by atoms with Gasteiger partial charge in [0.15, 0.2) is 0 Å². The third-order valence-corrected chi connectivity index (χ3v) is 3.21. The Balaban J connectivity index is 2.93. The molecule has 22 heavy (non-hydrogen) atoms. The van der Waals surface area contributed by atoms with E-state index in [0.717, 1.165) is 6.42 Å². The van der Waals surface area contributed by atoms with Crippen LogP contribution in [0, 0.1) is 0 Å². The zero-order valence-corrected chi connectivity index (χ0v) is 13.2. The summed E-state index contributed by atoms with van der Waals surface area (Å²) < 4.78 is 10.3. The van der Waals surface area contributed by atoms with Gasteiger partial charge in [-0.25, -0.2) is 0 Å². The van der Waals surface area contributed by atoms with Gasteiger partial charge in [0.25, 0.3) is 0 Å². The van der Waals surface area contributed by atoms with Gasteiger partial charge >= 0.3 is 5.97 Å². The molecule has 0 saturated carbocycles. The molecule has 0 aliphatic carbocycles. The lowest BCUT2D eigenvalue weighted by molar-refractivity contribution is -0.139. The molecule has 0 fully saturated rings. The van der Waals surface area contributed by atoms with Crippen molar-refractivity contribution in [3.63, 3.8) is 0 Å². The number of benzene rings is 1. The third-order valence-electron chi connectivity index (χ3n) is 3.21. The molecule has 0 radical (unpaired) electrons. The Labute approximate surface area is 130 Å². The van der Waals surface area contributed by atoms with Crippen LogP contribution in [0.15, 0.2) is 24.3 Å². The second-order valence-electron chi connectivity index (χ2n) is 5.24. The van der Waals surface area contributed by atoms with Crippen LogP contribution in [0.25, 0.3) is 0 Å². The van der Waals surface area contributed by atoms with Gasteiger partial charge in [-0.2, -0.15) is 0 Å². The van der Waals surface area contributed by atoms with E-state index in [4.69, 9.17) is 14.6 Å². The van der Waals surface area contributed by atoms with Gasteiger partial charge in [0.1, 0.15) is 12.4 Å². The Morgan fingerprint density at radius 1 is 1.36 bits per heavy atom. The first-order valence-corrected chi connectivity index (χ1v) is 7.16. The molecule has 0 aliphatic rings. The number of carbonyl (C=O) groups excluding carboxylic acids is 1. The molecule has 1 unspecified atom stereocenters. The molecule has 1 aromatic carbocycles. The zero-order chi connectivity index (χ0) is 16.6. The van der Waals surface area contributed by atoms with E-state index in [0.29, 0.717) is 17.9 Å². The highest BCUT2D eigenvalue weighted by molar-refractivity contribution is 5.79. The van der Waals surface area contributed by atoms with Crippen molar-refractivity contribution in [2.75, 3.05) is 20.3 Å². The normalized spacial score (nSPS) is 13.2. The smallest absolute Gasteiger partial charge is 0.306 e. The SMILES string of the molecule is CCCOCC(=O)NC(C)(CC(=O)O)c1cccc(OC)c1. The van der Waals surface area contributed by atoms with Gasteiger partial charge in [-0.1, -0.05) is 19.1 Å². The molecule has 1 amide bonds. The molecule has 0 aromatic heterocycles. The fourth-order valence-corrected chi connectivity index (χ4v) is 2.14. The molecule has 0 saturated heterocycles. The Morgan fingerprint density at radius 3 is 2.68 bits per heavy atom. The van der Waals surface area contributed by atoms with Crippen LogP contribution >= 0.6 is 0 Å². The van der Waals surface area contributed by atoms with Crippen LogP contribution in [0.3, 0.4) is 0 Å². The monoisotopic (exact) mass is 309 g/mol. The molecule has 0 spiro atoms. The summed E-state index contributed by atoms with van der Waals surface area (Å²) in [5.41, 5.74) is -0.370. The van der Waals surface area contributed by atoms with Crippen molar-refractivity contribution in [3.05, 3.63) is 29.8 Å². The van der Waals surface area contributed by atoms with Crippen molar-refractivity contribution < 1.29 is 24.2 Å². The molecule has 1 atom stereocenters. The third kappa shape index (κ3) is 5.37. The van der Waals surface area contributed by atoms with Crippen LogP contribution in [0.1, 0.15) is 32.3 Å². The Hall–Kier alpha value is -2.08. The van der Waals surface area contributed by atoms with Gasteiger partial charge in [-0.05, 0) is 31.0 Å². The van der Waals surface area contributed by atoms with E-state index >= 15 is 0 Å². The number of nitrogens with one attached hydrogen (secondary N) is 1. The summed E-state index contributed by atoms with van der Waals surface area (Å²) in [4.78, 5) is 23.2. The average molecular weight is 309 g/mol. The Kier molecular flexibility index (Phi) is 6.85. The molecule has 6 heteroatoms. The van der Waals surface area contributed by atoms with E-state index in [1.54, 1.807) is 31.2 Å². The maximum atomic E-state index is 12.0. The highest BCUT2D eigenvalue weighted by atomic mass is 16.5. The van der Waals surface area contributed by atoms with E-state index in [2.05, 4.69) is 5.32 Å². The van der Waals surface area contributed by atoms with Crippen LogP contribution < -0.4 is 10.1 Å². The topological polar surface area (TPSA) is 84.9 Å². The van der Waals surface area contributed by atoms with E-state index in [-0.39, 0.29) is 18.9 Å². The summed E-state index contributed by atoms with van der Waals surface area (Å²) in [7, 11) is 1.53. The maximum Gasteiger partial charge on any atom is 0.306 e. The minimum atomic E-state index is -1.03. The number of carboxylic acid groups (broad SMARTS) is 1. The molecule has 6 nitrogen and oxygen atoms in total. The largest absolute Gasteiger partial charge is 0.497 e. The number of ether oxygens (including phenoxy) is 2. The first-order valence-electron chi connectivity index (χ1n) is 7.16. The van der Waals surface area contributed by atoms with Gasteiger partial charge in [-0.3, -0.25) is 9.59 Å². The van der Waals surface area contributed by atoms with Gasteiger partial charge in [0, 0.05) is 6.61 Å². The van der Waals surface area contributed by atoms with Crippen LogP contribution in [-0.4, -0.2) is 37.3 Å². The lowest BCUT2D eigenvalue weighted by Crippen LogP contribution is -2.46. The van der Waals surface area contributed by atoms with Gasteiger partial charge in [0.05, 0.1) is 19.1 Å². The van der Waals surface area contributed by atoms with E-state index in [1.807, 2.05) is 6.92 Å². The Bertz CT molecular complexity index is 517. The summed E-state index contributed by atoms with van der Waals surface area (Å²) in [6.45, 7) is 4.02. The standard InChI is InChI=1S/C16H23NO5/c1-4-8-22-11-14(18)17-16(2,10-15(19)20)12-6-5-7-13(9-12)21-3/h5-7,9H,4,8,10-11H2,1-3H3,(H,17,18)(H,19,20). The fraction of sp³-hybridized carbons (Fsp3) is 0.500. The molecule has 1 rings (SSSR count). The van der Waals surface area contributed by atoms with Crippen molar-refractivity contribution in [2.24, 2.45) is 0 Å². The van der Waals surface area contributed by atoms with Gasteiger partial charge in [0.2, 0.25) is 5.91 Å². The molecular formula is C16H23NO5. The molecule has 0 aliphatic heterocycles. The molecule has 122 valence electrons. The second kappa shape index (κ2) is 8.38. The number of carboxylic acids is 1. The second-order valence-corrected chi connectivity index (χ2v) is 5.24. The summed E-state index contributed by atoms with van der Waals surface area (Å²) in [6, 6.07) is 7.00. The minimum Gasteiger partial charge on any atom is -0.497 e. The predicted molar refractivity (Wildman–Crippen MR) is 81.9 cm³/mol. The number of hydrogen-bond donors (Lipinski definition) is 2. The van der Waals surface area contributed by atoms with Gasteiger partial charge in [-0.15, -0.1) is 0 Å². The number of hydrogen-bond acceptors (Lipinski definition) is 4. The van der Waals surface area contributed by atoms with Crippen LogP contribution in [-0.2, 0) is 19.9 Å². The van der Waals surface area contributed by atoms with Crippen molar-refractivity contribution in [3.8, 4) is 5.75 Å². The van der Waals surface area contributed by atoms with Crippen LogP contribution in [0.4, 0.5) is 0 Å². The number of amides is 1. The number of carbonyl (C=O) groups is 2. The van der Waals surface area contributed by atoms with E-state index < -0.39 is 11.5 Å². The van der Waals surface area contributed by atoms with E-state index in [9.17, 15) is 9.59 Å². The molecule has 2 N–H and O–H groups in total. The minimum absolute atomic E-state index is 0.0903. The average Bonchev–Trinajstić information content (AvgIpc) is 2.46. The molecular weight excluding hydrogens is 286 g/mol. The highest BCUT2D eigenvalue weighted by Crippen LogP contribution is 2.27. The molecule has 0 heterocycles. The van der Waals surface area contributed by atoms with Crippen molar-refractivity contribution in [1.29, 1.82) is 0 Å². The summed E-state index contributed by atoms with van der Waals surface area (Å²) in [6.07, 6.45) is 0.579. The maximum absolute atomic E-state index is 12.0. The predicted octanol–water partition coefficient (Wildman–Crippen LogP) is 1.93. The highest BCUT2D eigenvalue weighted by Gasteiger charge is 2.31. The summed E-state index contributed by atoms with van der Waals surface area (Å²) in [5.74, 6) is -0.745. The van der Waals surface area contributed by atoms with Crippen molar-refractivity contribution in [1.82, 2.24) is 5.32 Å². The number of rotatable bonds is 9. The van der Waals surface area contributed by atoms with Gasteiger partial charge < -0.3 is 19.9 Å². The molecule has 1 aromatic rings. The number of methoxy groups -OCH3 is 1. The summed E-state index contributed by atoms with van der Waals surface area (Å²) in [5, 5.41) is 11.9. The van der Waals surface area contributed by atoms with Crippen molar-refractivity contribution >= 4 is 11.9 Å². The first-order chi connectivity index (χ1) is 10.4. The number of aliphatic carboxylic acids is 1. The Morgan fingerprint density at radius 2 is 2.09 bits per heavy atom. The zero-order valence-electron chi connectivity index (χ0n) is 13.2.